The summed E-state index contributed by atoms with van der Waals surface area (Å²) in [6.45, 7) is 4.33. The van der Waals surface area contributed by atoms with Crippen LogP contribution < -0.4 is 5.32 Å². The minimum atomic E-state index is -0.0378. The largest absolute Gasteiger partial charge is 0.368 e. The Hall–Kier alpha value is -1.35. The Morgan fingerprint density at radius 2 is 2.48 bits per heavy atom. The van der Waals surface area contributed by atoms with Gasteiger partial charge in [-0.3, -0.25) is 9.69 Å². The predicted octanol–water partition coefficient (Wildman–Crippen LogP) is 1.92. The molecule has 0 saturated carbocycles. The van der Waals surface area contributed by atoms with Gasteiger partial charge in [0.1, 0.15) is 11.1 Å². The van der Waals surface area contributed by atoms with E-state index in [0.717, 1.165) is 17.2 Å². The fraction of sp³-hybridized carbons (Fsp3) is 0.462. The number of carbonyl (C=O) groups is 1. The van der Waals surface area contributed by atoms with Crippen molar-refractivity contribution in [2.45, 2.75) is 13.0 Å². The lowest BCUT2D eigenvalue weighted by molar-refractivity contribution is -0.119. The Bertz CT molecular complexity index is 599. The van der Waals surface area contributed by atoms with Gasteiger partial charge in [-0.1, -0.05) is 0 Å². The van der Waals surface area contributed by atoms with Crippen molar-refractivity contribution in [1.82, 2.24) is 14.9 Å². The lowest BCUT2D eigenvalue weighted by atomic mass is 10.3. The smallest absolute Gasteiger partial charge is 0.240 e. The molecule has 0 aromatic carbocycles. The third-order valence-corrected chi connectivity index (χ3v) is 4.85. The van der Waals surface area contributed by atoms with E-state index in [1.165, 1.54) is 11.3 Å². The van der Waals surface area contributed by atoms with Crippen LogP contribution in [0.1, 0.15) is 16.8 Å². The molecule has 0 aliphatic carbocycles. The Morgan fingerprint density at radius 3 is 3.19 bits per heavy atom. The van der Waals surface area contributed by atoms with Gasteiger partial charge in [-0.25, -0.2) is 9.97 Å². The molecular weight excluding hydrogens is 308 g/mol. The molecule has 0 spiro atoms. The first kappa shape index (κ1) is 14.6. The lowest BCUT2D eigenvalue weighted by Crippen LogP contribution is -2.42. The minimum Gasteiger partial charge on any atom is -0.368 e. The number of hydrogen-bond acceptors (Lipinski definition) is 7. The molecule has 112 valence electrons. The summed E-state index contributed by atoms with van der Waals surface area (Å²) in [6.07, 6.45) is 1.74. The molecule has 3 heterocycles. The predicted molar refractivity (Wildman–Crippen MR) is 82.7 cm³/mol. The van der Waals surface area contributed by atoms with Gasteiger partial charge >= 0.3 is 0 Å². The maximum absolute atomic E-state index is 12.0. The maximum atomic E-state index is 12.0. The van der Waals surface area contributed by atoms with E-state index in [2.05, 4.69) is 20.2 Å². The third kappa shape index (κ3) is 3.85. The van der Waals surface area contributed by atoms with Crippen molar-refractivity contribution in [3.63, 3.8) is 0 Å². The quantitative estimate of drug-likeness (QED) is 0.931. The van der Waals surface area contributed by atoms with Crippen LogP contribution in [-0.4, -0.2) is 47.0 Å². The summed E-state index contributed by atoms with van der Waals surface area (Å²) in [4.78, 5) is 22.6. The van der Waals surface area contributed by atoms with Crippen LogP contribution in [0.5, 0.6) is 0 Å². The minimum absolute atomic E-state index is 0.0337. The van der Waals surface area contributed by atoms with Gasteiger partial charge in [0.25, 0.3) is 0 Å². The number of rotatable bonds is 4. The van der Waals surface area contributed by atoms with E-state index in [0.29, 0.717) is 24.8 Å². The number of hydrogen-bond donors (Lipinski definition) is 1. The highest BCUT2D eigenvalue weighted by molar-refractivity contribution is 7.13. The van der Waals surface area contributed by atoms with Crippen molar-refractivity contribution in [3.05, 3.63) is 27.7 Å². The second kappa shape index (κ2) is 6.61. The number of thiazole rings is 2. The Balaban J connectivity index is 1.53. The molecule has 21 heavy (non-hydrogen) atoms. The molecule has 0 bridgehead atoms. The van der Waals surface area contributed by atoms with Crippen LogP contribution in [0.3, 0.4) is 0 Å². The summed E-state index contributed by atoms with van der Waals surface area (Å²) in [7, 11) is 0. The second-order valence-corrected chi connectivity index (χ2v) is 6.59. The van der Waals surface area contributed by atoms with Crippen LogP contribution in [0.25, 0.3) is 0 Å². The average molecular weight is 324 g/mol. The van der Waals surface area contributed by atoms with E-state index in [4.69, 9.17) is 4.74 Å². The van der Waals surface area contributed by atoms with Crippen LogP contribution >= 0.6 is 22.7 Å². The summed E-state index contributed by atoms with van der Waals surface area (Å²) in [5.74, 6) is -0.0378. The molecule has 3 rings (SSSR count). The first-order chi connectivity index (χ1) is 10.2. The van der Waals surface area contributed by atoms with Crippen LogP contribution in [0.2, 0.25) is 0 Å². The van der Waals surface area contributed by atoms with E-state index in [1.807, 2.05) is 17.7 Å². The van der Waals surface area contributed by atoms with Crippen LogP contribution in [0.4, 0.5) is 5.13 Å². The highest BCUT2D eigenvalue weighted by Crippen LogP contribution is 2.23. The van der Waals surface area contributed by atoms with Gasteiger partial charge < -0.3 is 10.1 Å². The number of morpholine rings is 1. The fourth-order valence-electron chi connectivity index (χ4n) is 2.16. The molecule has 0 radical (unpaired) electrons. The van der Waals surface area contributed by atoms with Gasteiger partial charge in [-0.15, -0.1) is 22.7 Å². The topological polar surface area (TPSA) is 67.4 Å². The highest BCUT2D eigenvalue weighted by Gasteiger charge is 2.25. The number of amides is 1. The maximum Gasteiger partial charge on any atom is 0.240 e. The van der Waals surface area contributed by atoms with E-state index in [9.17, 15) is 4.79 Å². The van der Waals surface area contributed by atoms with Crippen molar-refractivity contribution in [2.75, 3.05) is 31.6 Å². The number of anilines is 1. The monoisotopic (exact) mass is 324 g/mol. The zero-order valence-corrected chi connectivity index (χ0v) is 13.2. The van der Waals surface area contributed by atoms with E-state index in [1.54, 1.807) is 17.5 Å². The summed E-state index contributed by atoms with van der Waals surface area (Å²) in [5, 5.41) is 8.31. The van der Waals surface area contributed by atoms with Crippen LogP contribution in [0, 0.1) is 6.92 Å². The number of aromatic nitrogens is 2. The van der Waals surface area contributed by atoms with Crippen molar-refractivity contribution in [1.29, 1.82) is 0 Å². The third-order valence-electron chi connectivity index (χ3n) is 3.11. The molecule has 1 saturated heterocycles. The summed E-state index contributed by atoms with van der Waals surface area (Å²) in [6, 6.07) is 0. The Morgan fingerprint density at radius 1 is 1.57 bits per heavy atom. The van der Waals surface area contributed by atoms with E-state index >= 15 is 0 Å². The Labute approximate surface area is 130 Å². The molecule has 0 unspecified atom stereocenters. The van der Waals surface area contributed by atoms with Gasteiger partial charge in [-0.05, 0) is 6.92 Å². The van der Waals surface area contributed by atoms with Gasteiger partial charge in [0.2, 0.25) is 5.91 Å². The SMILES string of the molecule is Cc1csc(NC(=O)CN2CCO[C@@H](c3nccs3)C2)n1. The van der Waals surface area contributed by atoms with Crippen molar-refractivity contribution in [3.8, 4) is 0 Å². The summed E-state index contributed by atoms with van der Waals surface area (Å²) < 4.78 is 5.72. The van der Waals surface area contributed by atoms with E-state index in [-0.39, 0.29) is 12.0 Å². The molecule has 1 fully saturated rings. The number of aryl methyl sites for hydroxylation is 1. The van der Waals surface area contributed by atoms with Gasteiger partial charge in [-0.2, -0.15) is 0 Å². The molecule has 1 aliphatic heterocycles. The van der Waals surface area contributed by atoms with Gasteiger partial charge in [0.15, 0.2) is 5.13 Å². The molecule has 1 N–H and O–H groups in total. The second-order valence-electron chi connectivity index (χ2n) is 4.81. The van der Waals surface area contributed by atoms with Gasteiger partial charge in [0.05, 0.1) is 18.8 Å². The lowest BCUT2D eigenvalue weighted by Gasteiger charge is -2.31. The normalized spacial score (nSPS) is 19.6. The molecule has 8 heteroatoms. The standard InChI is InChI=1S/C13H16N4O2S2/c1-9-8-21-13(15-9)16-11(18)7-17-3-4-19-10(6-17)12-14-2-5-20-12/h2,5,8,10H,3-4,6-7H2,1H3,(H,15,16,18)/t10-/m1/s1. The van der Waals surface area contributed by atoms with Crippen molar-refractivity contribution in [2.24, 2.45) is 0 Å². The fourth-order valence-corrected chi connectivity index (χ4v) is 3.54. The number of nitrogens with zero attached hydrogens (tertiary/aromatic N) is 3. The zero-order chi connectivity index (χ0) is 14.7. The number of carbonyl (C=O) groups excluding carboxylic acids is 1. The summed E-state index contributed by atoms with van der Waals surface area (Å²) >= 11 is 3.03. The molecule has 2 aromatic heterocycles. The molecule has 1 atom stereocenters. The molecular formula is C13H16N4O2S2. The molecule has 1 amide bonds. The van der Waals surface area contributed by atoms with Crippen LogP contribution in [-0.2, 0) is 9.53 Å². The molecule has 1 aliphatic rings. The van der Waals surface area contributed by atoms with Crippen molar-refractivity contribution < 1.29 is 9.53 Å². The first-order valence-corrected chi connectivity index (χ1v) is 8.42. The number of ether oxygens (including phenoxy) is 1. The zero-order valence-electron chi connectivity index (χ0n) is 11.6. The first-order valence-electron chi connectivity index (χ1n) is 6.66. The van der Waals surface area contributed by atoms with Crippen LogP contribution in [0.15, 0.2) is 17.0 Å². The molecule has 2 aromatic rings. The van der Waals surface area contributed by atoms with Gasteiger partial charge in [0, 0.05) is 30.0 Å². The van der Waals surface area contributed by atoms with E-state index < -0.39 is 0 Å². The Kier molecular flexibility index (Phi) is 4.59. The average Bonchev–Trinajstić information content (AvgIpc) is 3.11. The molecule has 6 nitrogen and oxygen atoms in total. The van der Waals surface area contributed by atoms with Crippen molar-refractivity contribution >= 4 is 33.7 Å². The number of nitrogens with one attached hydrogen (secondary N) is 1. The summed E-state index contributed by atoms with van der Waals surface area (Å²) in [5.41, 5.74) is 0.922. The highest BCUT2D eigenvalue weighted by atomic mass is 32.1.